The fourth-order valence-corrected chi connectivity index (χ4v) is 11.3. The van der Waals surface area contributed by atoms with Crippen LogP contribution in [0.15, 0.2) is 92.8 Å². The predicted octanol–water partition coefficient (Wildman–Crippen LogP) is 12.8. The average molecular weight is 1040 g/mol. The molecule has 3 aliphatic heterocycles. The van der Waals surface area contributed by atoms with Crippen molar-refractivity contribution in [2.24, 2.45) is 67.3 Å². The third-order valence-electron chi connectivity index (χ3n) is 14.4. The normalized spacial score (nSPS) is 16.7. The zero-order chi connectivity index (χ0) is 51.4. The molecule has 0 saturated carbocycles. The number of benzene rings is 4. The molecule has 2 N–H and O–H groups in total. The van der Waals surface area contributed by atoms with Crippen molar-refractivity contribution >= 4 is 44.9 Å². The molecule has 2 aromatic heterocycles. The first-order chi connectivity index (χ1) is 34.3. The summed E-state index contributed by atoms with van der Waals surface area (Å²) >= 11 is 0. The number of amidine groups is 2. The fraction of sp³-hybridized carbons (Fsp3) is 0.500. The number of hydrogen-bond donors (Lipinski definition) is 2. The van der Waals surface area contributed by atoms with Gasteiger partial charge in [0.2, 0.25) is 0 Å². The van der Waals surface area contributed by atoms with Gasteiger partial charge in [0.1, 0.15) is 59.7 Å². The van der Waals surface area contributed by atoms with Crippen molar-refractivity contribution in [1.29, 1.82) is 0 Å². The number of anilines is 2. The molecule has 12 nitrogen and oxygen atoms in total. The van der Waals surface area contributed by atoms with Crippen molar-refractivity contribution in [2.75, 3.05) is 10.6 Å². The smallest absolute Gasteiger partial charge is 0.489 e. The maximum Gasteiger partial charge on any atom is 2.00 e. The van der Waals surface area contributed by atoms with E-state index in [-0.39, 0.29) is 88.8 Å². The molecule has 73 heavy (non-hydrogen) atoms. The van der Waals surface area contributed by atoms with E-state index in [0.717, 1.165) is 55.3 Å². The number of rotatable bonds is 16. The molecule has 6 aromatic rings. The zero-order valence-corrected chi connectivity index (χ0v) is 46.6. The molecule has 0 aliphatic carbocycles. The first-order valence-corrected chi connectivity index (χ1v) is 26.5. The van der Waals surface area contributed by atoms with Crippen LogP contribution in [0, 0.1) is 47.3 Å². The molecular formula is C60H76CuN8O4. The molecule has 2 atom stereocenters. The van der Waals surface area contributed by atoms with E-state index in [1.165, 1.54) is 0 Å². The summed E-state index contributed by atoms with van der Waals surface area (Å²) in [4.78, 5) is 32.6. The van der Waals surface area contributed by atoms with Crippen LogP contribution in [0.4, 0.5) is 11.6 Å². The molecule has 9 rings (SSSR count). The summed E-state index contributed by atoms with van der Waals surface area (Å²) < 4.78 is 28.1. The maximum atomic E-state index is 7.03. The number of nitrogens with one attached hydrogen (secondary N) is 2. The Morgan fingerprint density at radius 3 is 1.42 bits per heavy atom. The van der Waals surface area contributed by atoms with E-state index in [1.54, 1.807) is 0 Å². The monoisotopic (exact) mass is 1040 g/mol. The SMILES string of the molecule is CC(C)C(Oc1cccc2c1C1=NC2/N=c2\[n-]c(c3cccc(OC(C(C)C)C(C)C)c23)=NC2=NC(Nc3[n-]c(c4cccc(OC(C(C)C)C(C)C)c34)N1)c1cccc(OC(C(C)C)C(C)C)c12)C(C)C.[Cu+2]. The van der Waals surface area contributed by atoms with Crippen molar-refractivity contribution < 1.29 is 36.0 Å². The van der Waals surface area contributed by atoms with Crippen molar-refractivity contribution in [2.45, 2.75) is 148 Å². The molecule has 0 amide bonds. The van der Waals surface area contributed by atoms with Crippen molar-refractivity contribution in [1.82, 2.24) is 9.97 Å². The summed E-state index contributed by atoms with van der Waals surface area (Å²) in [6.07, 6.45) is -1.52. The van der Waals surface area contributed by atoms with E-state index in [0.29, 0.717) is 45.8 Å². The van der Waals surface area contributed by atoms with E-state index >= 15 is 0 Å². The van der Waals surface area contributed by atoms with E-state index in [4.69, 9.17) is 48.9 Å². The van der Waals surface area contributed by atoms with Crippen LogP contribution in [-0.2, 0) is 17.1 Å². The number of fused-ring (bicyclic) bond motifs is 18. The quantitative estimate of drug-likeness (QED) is 0.0914. The second-order valence-corrected chi connectivity index (χ2v) is 22.9. The van der Waals surface area contributed by atoms with Crippen LogP contribution in [0.2, 0.25) is 0 Å². The van der Waals surface area contributed by atoms with Crippen LogP contribution in [0.1, 0.15) is 145 Å². The Morgan fingerprint density at radius 2 is 0.890 bits per heavy atom. The van der Waals surface area contributed by atoms with Gasteiger partial charge < -0.3 is 49.5 Å². The molecule has 0 fully saturated rings. The topological polar surface area (TPSA) is 139 Å². The minimum Gasteiger partial charge on any atom is -0.489 e. The van der Waals surface area contributed by atoms with Crippen LogP contribution in [0.3, 0.4) is 0 Å². The molecule has 3 aliphatic rings. The van der Waals surface area contributed by atoms with Crippen molar-refractivity contribution in [3.8, 4) is 23.0 Å². The minimum absolute atomic E-state index is 0. The van der Waals surface area contributed by atoms with Gasteiger partial charge >= 0.3 is 17.1 Å². The van der Waals surface area contributed by atoms with Crippen molar-refractivity contribution in [3.05, 3.63) is 106 Å². The summed E-state index contributed by atoms with van der Waals surface area (Å²) in [5.74, 6) is 7.29. The van der Waals surface area contributed by atoms with Gasteiger partial charge in [-0.3, -0.25) is 9.98 Å². The van der Waals surface area contributed by atoms with Gasteiger partial charge in [-0.2, -0.15) is 0 Å². The molecule has 391 valence electrons. The van der Waals surface area contributed by atoms with Gasteiger partial charge in [-0.05, 0) is 93.5 Å². The molecule has 2 unspecified atom stereocenters. The molecule has 0 spiro atoms. The van der Waals surface area contributed by atoms with Crippen LogP contribution in [-0.4, -0.2) is 36.1 Å². The second-order valence-electron chi connectivity index (χ2n) is 22.9. The van der Waals surface area contributed by atoms with Crippen LogP contribution in [0.25, 0.3) is 21.5 Å². The summed E-state index contributed by atoms with van der Waals surface area (Å²) in [5.41, 5.74) is 4.41. The average Bonchev–Trinajstić information content (AvgIpc) is 4.06. The van der Waals surface area contributed by atoms with Crippen molar-refractivity contribution in [3.63, 3.8) is 0 Å². The van der Waals surface area contributed by atoms with Crippen LogP contribution < -0.4 is 50.5 Å². The molecule has 13 heteroatoms. The Kier molecular flexibility index (Phi) is 15.8. The van der Waals surface area contributed by atoms with Crippen LogP contribution >= 0.6 is 0 Å². The number of nitrogens with zero attached hydrogens (tertiary/aromatic N) is 6. The first-order valence-electron chi connectivity index (χ1n) is 26.5. The molecule has 0 saturated heterocycles. The van der Waals surface area contributed by atoms with Gasteiger partial charge in [-0.25, -0.2) is 0 Å². The molecular weight excluding hydrogens is 960 g/mol. The summed E-state index contributed by atoms with van der Waals surface area (Å²) in [7, 11) is 0. The van der Waals surface area contributed by atoms with Gasteiger partial charge in [-0.1, -0.05) is 159 Å². The maximum absolute atomic E-state index is 7.03. The van der Waals surface area contributed by atoms with Crippen LogP contribution in [0.5, 0.6) is 23.0 Å². The molecule has 4 aromatic carbocycles. The van der Waals surface area contributed by atoms with Gasteiger partial charge in [0.25, 0.3) is 0 Å². The Balaban J connectivity index is 0.00000711. The van der Waals surface area contributed by atoms with Gasteiger partial charge in [0.05, 0.1) is 17.2 Å². The summed E-state index contributed by atoms with van der Waals surface area (Å²) in [6.45, 7) is 35.3. The standard InChI is InChI=1S/C60H76N8O4.Cu/c1-29(2)49(30(3)4)69-41-25-17-21-37-45(41)57-61-53(37)66-58-47-39(23-19-27-43(47)71-51(33(9)10)34(11)12)55(63-58)68-60-48-40(24-20-28-44(48)72-52(35(13)14)36(15)16)56(64-60)67-59-46-38(54(62-59)65-57)22-18-26-42(46)70-50(31(5)6)32(7)8;/h17-36,49-53,56,66H,1-16H3,(H-,61,62,64,65,67,68);/q-2;+2. The van der Waals surface area contributed by atoms with E-state index in [1.807, 2.05) is 48.5 Å². The summed E-state index contributed by atoms with van der Waals surface area (Å²) in [6, 6.07) is 24.6. The Morgan fingerprint density at radius 1 is 0.438 bits per heavy atom. The number of aliphatic imine (C=N–C) groups is 2. The van der Waals surface area contributed by atoms with Gasteiger partial charge in [0, 0.05) is 38.9 Å². The third kappa shape index (κ3) is 10.4. The molecule has 1 radical (unpaired) electrons. The van der Waals surface area contributed by atoms with E-state index < -0.39 is 12.3 Å². The van der Waals surface area contributed by atoms with E-state index in [2.05, 4.69) is 146 Å². The fourth-order valence-electron chi connectivity index (χ4n) is 11.3. The Labute approximate surface area is 443 Å². The van der Waals surface area contributed by atoms with Gasteiger partial charge in [-0.15, -0.1) is 0 Å². The Bertz CT molecular complexity index is 3110. The van der Waals surface area contributed by atoms with E-state index in [9.17, 15) is 0 Å². The zero-order valence-electron chi connectivity index (χ0n) is 45.6. The predicted molar refractivity (Wildman–Crippen MR) is 292 cm³/mol. The minimum atomic E-state index is -0.700. The van der Waals surface area contributed by atoms with Gasteiger partial charge in [0.15, 0.2) is 0 Å². The molecule has 5 heterocycles. The third-order valence-corrected chi connectivity index (χ3v) is 14.4. The summed E-state index contributed by atoms with van der Waals surface area (Å²) in [5, 5.41) is 10.9. The number of aromatic nitrogens is 2. The number of ether oxygens (including phenoxy) is 4. The second kappa shape index (κ2) is 21.6. The first kappa shape index (κ1) is 53.5. The Hall–Kier alpha value is -5.78. The molecule has 8 bridgehead atoms. The number of hydrogen-bond acceptors (Lipinski definition) is 10. The largest absolute Gasteiger partial charge is 2.00 e.